The predicted octanol–water partition coefficient (Wildman–Crippen LogP) is 3.02. The van der Waals surface area contributed by atoms with Crippen molar-refractivity contribution in [1.82, 2.24) is 0 Å². The average molecular weight is 234 g/mol. The van der Waals surface area contributed by atoms with Gasteiger partial charge in [0.2, 0.25) is 5.78 Å². The van der Waals surface area contributed by atoms with Crippen molar-refractivity contribution < 1.29 is 9.90 Å². The fourth-order valence-electron chi connectivity index (χ4n) is 1.42. The molecule has 0 aromatic carbocycles. The minimum atomic E-state index is 0.0107. The van der Waals surface area contributed by atoms with Gasteiger partial charge in [-0.25, -0.2) is 0 Å². The highest BCUT2D eigenvalue weighted by atomic mass is 16.2. The van der Waals surface area contributed by atoms with E-state index in [4.69, 9.17) is 5.11 Å². The standard InChI is InChI=1S/C15H22O2/c1-4-6-15(17)10-9-13(2)7-5-8-14(3)11-12-16/h7,11,16H,5,8-10,12H2,1-3H3. The van der Waals surface area contributed by atoms with E-state index in [1.54, 1.807) is 6.92 Å². The van der Waals surface area contributed by atoms with E-state index in [0.29, 0.717) is 6.42 Å². The second-order valence-electron chi connectivity index (χ2n) is 4.12. The van der Waals surface area contributed by atoms with Crippen LogP contribution < -0.4 is 0 Å². The number of aliphatic hydroxyl groups is 1. The van der Waals surface area contributed by atoms with E-state index < -0.39 is 0 Å². The fourth-order valence-corrected chi connectivity index (χ4v) is 1.42. The van der Waals surface area contributed by atoms with Crippen molar-refractivity contribution in [3.8, 4) is 11.8 Å². The number of rotatable bonds is 7. The fraction of sp³-hybridized carbons (Fsp3) is 0.533. The van der Waals surface area contributed by atoms with E-state index in [9.17, 15) is 4.79 Å². The maximum Gasteiger partial charge on any atom is 0.205 e. The van der Waals surface area contributed by atoms with E-state index in [1.807, 2.05) is 19.9 Å². The number of hydrogen-bond donors (Lipinski definition) is 1. The lowest BCUT2D eigenvalue weighted by Gasteiger charge is -2.00. The highest BCUT2D eigenvalue weighted by Crippen LogP contribution is 2.10. The van der Waals surface area contributed by atoms with Crippen LogP contribution in [0.15, 0.2) is 23.3 Å². The summed E-state index contributed by atoms with van der Waals surface area (Å²) in [4.78, 5) is 11.2. The molecule has 17 heavy (non-hydrogen) atoms. The minimum Gasteiger partial charge on any atom is -0.392 e. The summed E-state index contributed by atoms with van der Waals surface area (Å²) in [5.41, 5.74) is 2.43. The minimum absolute atomic E-state index is 0.0107. The van der Waals surface area contributed by atoms with Crippen LogP contribution in [0, 0.1) is 11.8 Å². The summed E-state index contributed by atoms with van der Waals surface area (Å²) in [6.45, 7) is 5.84. The van der Waals surface area contributed by atoms with Crippen LogP contribution in [0.2, 0.25) is 0 Å². The summed E-state index contributed by atoms with van der Waals surface area (Å²) in [7, 11) is 0. The number of Topliss-reactive ketones (excluding diaryl/α,β-unsaturated/α-hetero) is 1. The van der Waals surface area contributed by atoms with Gasteiger partial charge in [0, 0.05) is 6.42 Å². The van der Waals surface area contributed by atoms with Gasteiger partial charge in [0.15, 0.2) is 0 Å². The van der Waals surface area contributed by atoms with Gasteiger partial charge >= 0.3 is 0 Å². The number of carbonyl (C=O) groups is 1. The summed E-state index contributed by atoms with van der Waals surface area (Å²) in [5, 5.41) is 8.70. The Morgan fingerprint density at radius 1 is 1.12 bits per heavy atom. The van der Waals surface area contributed by atoms with Crippen LogP contribution in [-0.4, -0.2) is 17.5 Å². The molecule has 0 atom stereocenters. The Balaban J connectivity index is 3.89. The first kappa shape index (κ1) is 15.7. The van der Waals surface area contributed by atoms with Crippen LogP contribution in [0.1, 0.15) is 46.5 Å². The Hall–Kier alpha value is -1.33. The molecule has 0 radical (unpaired) electrons. The van der Waals surface area contributed by atoms with Crippen molar-refractivity contribution in [3.63, 3.8) is 0 Å². The van der Waals surface area contributed by atoms with Crippen LogP contribution in [0.5, 0.6) is 0 Å². The Morgan fingerprint density at radius 3 is 2.35 bits per heavy atom. The Labute approximate surface area is 104 Å². The maximum absolute atomic E-state index is 11.2. The summed E-state index contributed by atoms with van der Waals surface area (Å²) >= 11 is 0. The normalized spacial score (nSPS) is 12.0. The van der Waals surface area contributed by atoms with E-state index in [2.05, 4.69) is 17.9 Å². The lowest BCUT2D eigenvalue weighted by molar-refractivity contribution is -0.113. The molecule has 0 bridgehead atoms. The third-order valence-electron chi connectivity index (χ3n) is 2.48. The molecule has 2 nitrogen and oxygen atoms in total. The third kappa shape index (κ3) is 9.59. The number of ketones is 1. The monoisotopic (exact) mass is 234 g/mol. The maximum atomic E-state index is 11.2. The van der Waals surface area contributed by atoms with Crippen LogP contribution >= 0.6 is 0 Å². The van der Waals surface area contributed by atoms with E-state index >= 15 is 0 Å². The van der Waals surface area contributed by atoms with Gasteiger partial charge < -0.3 is 5.11 Å². The molecule has 0 aromatic rings. The van der Waals surface area contributed by atoms with Crippen LogP contribution in [-0.2, 0) is 4.79 Å². The van der Waals surface area contributed by atoms with Crippen molar-refractivity contribution >= 4 is 5.78 Å². The lowest BCUT2D eigenvalue weighted by Crippen LogP contribution is -1.93. The van der Waals surface area contributed by atoms with E-state index in [-0.39, 0.29) is 12.4 Å². The summed E-state index contributed by atoms with van der Waals surface area (Å²) in [6.07, 6.45) is 7.19. The number of allylic oxidation sites excluding steroid dienone is 3. The molecule has 0 aliphatic rings. The average Bonchev–Trinajstić information content (AvgIpc) is 2.27. The van der Waals surface area contributed by atoms with Gasteiger partial charge in [-0.3, -0.25) is 4.79 Å². The van der Waals surface area contributed by atoms with Gasteiger partial charge in [-0.05, 0) is 46.0 Å². The molecule has 0 rings (SSSR count). The zero-order valence-electron chi connectivity index (χ0n) is 11.0. The SMILES string of the molecule is CC#CC(=O)CCC(C)=CCCC(C)=CCO. The van der Waals surface area contributed by atoms with Crippen LogP contribution in [0.25, 0.3) is 0 Å². The van der Waals surface area contributed by atoms with Gasteiger partial charge in [-0.1, -0.05) is 29.2 Å². The molecular formula is C15H22O2. The van der Waals surface area contributed by atoms with Gasteiger partial charge in [-0.15, -0.1) is 0 Å². The molecule has 0 aliphatic heterocycles. The number of carbonyl (C=O) groups excluding carboxylic acids is 1. The third-order valence-corrected chi connectivity index (χ3v) is 2.48. The molecule has 0 spiro atoms. The first-order chi connectivity index (χ1) is 8.10. The van der Waals surface area contributed by atoms with Gasteiger partial charge in [-0.2, -0.15) is 0 Å². The molecule has 94 valence electrons. The van der Waals surface area contributed by atoms with Gasteiger partial charge in [0.05, 0.1) is 6.61 Å². The molecule has 0 amide bonds. The molecular weight excluding hydrogens is 212 g/mol. The number of aliphatic hydroxyl groups excluding tert-OH is 1. The zero-order valence-corrected chi connectivity index (χ0v) is 11.0. The smallest absolute Gasteiger partial charge is 0.205 e. The zero-order chi connectivity index (χ0) is 13.1. The lowest BCUT2D eigenvalue weighted by atomic mass is 10.1. The molecule has 0 aliphatic carbocycles. The van der Waals surface area contributed by atoms with Gasteiger partial charge in [0.1, 0.15) is 0 Å². The molecule has 0 aromatic heterocycles. The van der Waals surface area contributed by atoms with Crippen LogP contribution in [0.4, 0.5) is 0 Å². The van der Waals surface area contributed by atoms with Crippen molar-refractivity contribution in [2.45, 2.75) is 46.5 Å². The van der Waals surface area contributed by atoms with Crippen LogP contribution in [0.3, 0.4) is 0 Å². The quantitative estimate of drug-likeness (QED) is 0.417. The second kappa shape index (κ2) is 9.86. The Morgan fingerprint density at radius 2 is 1.76 bits per heavy atom. The molecule has 2 heteroatoms. The molecule has 0 saturated carbocycles. The summed E-state index contributed by atoms with van der Waals surface area (Å²) < 4.78 is 0. The summed E-state index contributed by atoms with van der Waals surface area (Å²) in [5.74, 6) is 5.16. The largest absolute Gasteiger partial charge is 0.392 e. The highest BCUT2D eigenvalue weighted by molar-refractivity contribution is 5.95. The van der Waals surface area contributed by atoms with Crippen molar-refractivity contribution in [1.29, 1.82) is 0 Å². The number of hydrogen-bond acceptors (Lipinski definition) is 2. The predicted molar refractivity (Wildman–Crippen MR) is 71.5 cm³/mol. The second-order valence-corrected chi connectivity index (χ2v) is 4.12. The van der Waals surface area contributed by atoms with Crippen molar-refractivity contribution in [2.24, 2.45) is 0 Å². The molecule has 0 heterocycles. The Kier molecular flexibility index (Phi) is 9.09. The van der Waals surface area contributed by atoms with Gasteiger partial charge in [0.25, 0.3) is 0 Å². The van der Waals surface area contributed by atoms with Crippen molar-refractivity contribution in [3.05, 3.63) is 23.3 Å². The first-order valence-corrected chi connectivity index (χ1v) is 5.97. The summed E-state index contributed by atoms with van der Waals surface area (Å²) in [6, 6.07) is 0. The molecule has 1 N–H and O–H groups in total. The van der Waals surface area contributed by atoms with Crippen molar-refractivity contribution in [2.75, 3.05) is 6.61 Å². The Bertz CT molecular complexity index is 351. The van der Waals surface area contributed by atoms with E-state index in [0.717, 1.165) is 19.3 Å². The molecule has 0 unspecified atom stereocenters. The molecule has 0 fully saturated rings. The van der Waals surface area contributed by atoms with E-state index in [1.165, 1.54) is 11.1 Å². The molecule has 0 saturated heterocycles. The topological polar surface area (TPSA) is 37.3 Å². The first-order valence-electron chi connectivity index (χ1n) is 5.97. The highest BCUT2D eigenvalue weighted by Gasteiger charge is 1.97.